The van der Waals surface area contributed by atoms with Crippen LogP contribution in [-0.2, 0) is 0 Å². The van der Waals surface area contributed by atoms with E-state index in [-0.39, 0.29) is 18.6 Å². The predicted molar refractivity (Wildman–Crippen MR) is 79.2 cm³/mol. The summed E-state index contributed by atoms with van der Waals surface area (Å²) in [5.74, 6) is 2.10. The van der Waals surface area contributed by atoms with Gasteiger partial charge >= 0.3 is 0 Å². The Morgan fingerprint density at radius 2 is 2.45 bits per heavy atom. The van der Waals surface area contributed by atoms with Crippen molar-refractivity contribution in [3.63, 3.8) is 0 Å². The van der Waals surface area contributed by atoms with Gasteiger partial charge in [-0.2, -0.15) is 11.8 Å². The average molecular weight is 296 g/mol. The van der Waals surface area contributed by atoms with Gasteiger partial charge in [0.15, 0.2) is 0 Å². The number of nitrogens with one attached hydrogen (secondary N) is 1. The van der Waals surface area contributed by atoms with Crippen molar-refractivity contribution in [3.8, 4) is 5.88 Å². The molecule has 1 aromatic heterocycles. The van der Waals surface area contributed by atoms with Gasteiger partial charge in [-0.05, 0) is 38.2 Å². The summed E-state index contributed by atoms with van der Waals surface area (Å²) in [7, 11) is 0. The second-order valence-corrected chi connectivity index (χ2v) is 6.61. The Labute approximate surface area is 123 Å². The van der Waals surface area contributed by atoms with Crippen LogP contribution in [-0.4, -0.2) is 45.8 Å². The Morgan fingerprint density at radius 3 is 3.10 bits per heavy atom. The van der Waals surface area contributed by atoms with Crippen LogP contribution >= 0.6 is 11.8 Å². The van der Waals surface area contributed by atoms with Gasteiger partial charge in [-0.15, -0.1) is 0 Å². The number of carbonyl (C=O) groups is 1. The Bertz CT molecular complexity index is 473. The molecule has 0 spiro atoms. The van der Waals surface area contributed by atoms with Crippen LogP contribution in [0.5, 0.6) is 5.88 Å². The first-order chi connectivity index (χ1) is 9.52. The van der Waals surface area contributed by atoms with Crippen LogP contribution in [0.4, 0.5) is 0 Å². The molecule has 1 aliphatic rings. The summed E-state index contributed by atoms with van der Waals surface area (Å²) in [6.45, 7) is 3.39. The van der Waals surface area contributed by atoms with Gasteiger partial charge in [0.25, 0.3) is 5.91 Å². The van der Waals surface area contributed by atoms with E-state index in [2.05, 4.69) is 10.3 Å². The minimum Gasteiger partial charge on any atom is -0.473 e. The Balaban J connectivity index is 2.12. The number of aliphatic hydroxyl groups excluding tert-OH is 1. The summed E-state index contributed by atoms with van der Waals surface area (Å²) in [6.07, 6.45) is 2.71. The van der Waals surface area contributed by atoms with Crippen molar-refractivity contribution in [2.75, 3.05) is 18.1 Å². The van der Waals surface area contributed by atoms with E-state index in [1.54, 1.807) is 32.2 Å². The van der Waals surface area contributed by atoms with E-state index >= 15 is 0 Å². The maximum Gasteiger partial charge on any atom is 0.257 e. The summed E-state index contributed by atoms with van der Waals surface area (Å²) in [4.78, 5) is 16.4. The fraction of sp³-hybridized carbons (Fsp3) is 0.571. The molecule has 1 fully saturated rings. The zero-order valence-corrected chi connectivity index (χ0v) is 12.6. The molecule has 1 saturated heterocycles. The topological polar surface area (TPSA) is 71.5 Å². The van der Waals surface area contributed by atoms with E-state index < -0.39 is 5.54 Å². The molecule has 2 rings (SSSR count). The molecule has 0 bridgehead atoms. The first kappa shape index (κ1) is 15.1. The highest BCUT2D eigenvalue weighted by Crippen LogP contribution is 2.24. The number of thioether (sulfide) groups is 1. The maximum absolute atomic E-state index is 12.3. The first-order valence-corrected chi connectivity index (χ1v) is 7.80. The van der Waals surface area contributed by atoms with Gasteiger partial charge in [0.1, 0.15) is 11.7 Å². The lowest BCUT2D eigenvalue weighted by Gasteiger charge is -2.24. The average Bonchev–Trinajstić information content (AvgIpc) is 2.92. The van der Waals surface area contributed by atoms with Crippen LogP contribution in [0.15, 0.2) is 18.3 Å². The second kappa shape index (κ2) is 6.45. The molecule has 6 heteroatoms. The molecule has 0 saturated carbocycles. The molecule has 0 radical (unpaired) electrons. The third kappa shape index (κ3) is 3.86. The highest BCUT2D eigenvalue weighted by Gasteiger charge is 2.25. The molecule has 0 aromatic carbocycles. The summed E-state index contributed by atoms with van der Waals surface area (Å²) in [6, 6.07) is 3.39. The number of pyridine rings is 1. The normalized spacial score (nSPS) is 18.9. The molecule has 1 aliphatic heterocycles. The fourth-order valence-electron chi connectivity index (χ4n) is 1.84. The Kier molecular flexibility index (Phi) is 4.88. The first-order valence-electron chi connectivity index (χ1n) is 6.64. The molecule has 5 nitrogen and oxygen atoms in total. The molecule has 2 heterocycles. The van der Waals surface area contributed by atoms with Gasteiger partial charge in [0.05, 0.1) is 12.1 Å². The lowest BCUT2D eigenvalue weighted by atomic mass is 10.1. The Hall–Kier alpha value is -1.27. The van der Waals surface area contributed by atoms with Crippen molar-refractivity contribution in [1.29, 1.82) is 0 Å². The van der Waals surface area contributed by atoms with Crippen LogP contribution < -0.4 is 10.1 Å². The molecule has 1 aromatic rings. The SMILES string of the molecule is CC(C)(CO)NC(=O)c1cccnc1O[C@H]1CCSC1. The maximum atomic E-state index is 12.3. The van der Waals surface area contributed by atoms with Gasteiger partial charge in [-0.3, -0.25) is 4.79 Å². The summed E-state index contributed by atoms with van der Waals surface area (Å²) in [5.41, 5.74) is -0.265. The van der Waals surface area contributed by atoms with Gasteiger partial charge in [-0.1, -0.05) is 0 Å². The van der Waals surface area contributed by atoms with Gasteiger partial charge in [0.2, 0.25) is 5.88 Å². The number of ether oxygens (including phenoxy) is 1. The lowest BCUT2D eigenvalue weighted by molar-refractivity contribution is 0.0862. The van der Waals surface area contributed by atoms with Crippen LogP contribution in [0.25, 0.3) is 0 Å². The molecule has 2 N–H and O–H groups in total. The van der Waals surface area contributed by atoms with Crippen LogP contribution in [0.1, 0.15) is 30.6 Å². The van der Waals surface area contributed by atoms with E-state index in [1.165, 1.54) is 0 Å². The van der Waals surface area contributed by atoms with Crippen LogP contribution in [0.3, 0.4) is 0 Å². The third-order valence-corrected chi connectivity index (χ3v) is 4.16. The van der Waals surface area contributed by atoms with E-state index in [1.807, 2.05) is 11.8 Å². The highest BCUT2D eigenvalue weighted by atomic mass is 32.2. The van der Waals surface area contributed by atoms with Crippen molar-refractivity contribution < 1.29 is 14.6 Å². The number of aliphatic hydroxyl groups is 1. The van der Waals surface area contributed by atoms with E-state index in [4.69, 9.17) is 4.74 Å². The Morgan fingerprint density at radius 1 is 1.65 bits per heavy atom. The number of aromatic nitrogens is 1. The zero-order valence-electron chi connectivity index (χ0n) is 11.8. The lowest BCUT2D eigenvalue weighted by Crippen LogP contribution is -2.46. The van der Waals surface area contributed by atoms with Crippen LogP contribution in [0.2, 0.25) is 0 Å². The van der Waals surface area contributed by atoms with Crippen molar-refractivity contribution in [2.24, 2.45) is 0 Å². The van der Waals surface area contributed by atoms with E-state index in [0.29, 0.717) is 11.4 Å². The molecule has 110 valence electrons. The van der Waals surface area contributed by atoms with E-state index in [0.717, 1.165) is 17.9 Å². The molecule has 0 unspecified atom stereocenters. The largest absolute Gasteiger partial charge is 0.473 e. The fourth-order valence-corrected chi connectivity index (χ4v) is 2.93. The monoisotopic (exact) mass is 296 g/mol. The van der Waals surface area contributed by atoms with Crippen molar-refractivity contribution in [2.45, 2.75) is 31.9 Å². The smallest absolute Gasteiger partial charge is 0.257 e. The summed E-state index contributed by atoms with van der Waals surface area (Å²) < 4.78 is 5.82. The number of hydrogen-bond acceptors (Lipinski definition) is 5. The standard InChI is InChI=1S/C14H20N2O3S/c1-14(2,9-17)16-12(18)11-4-3-6-15-13(11)19-10-5-7-20-8-10/h3-4,6,10,17H,5,7-9H2,1-2H3,(H,16,18)/t10-/m0/s1. The molecular weight excluding hydrogens is 276 g/mol. The van der Waals surface area contributed by atoms with Gasteiger partial charge < -0.3 is 15.2 Å². The summed E-state index contributed by atoms with van der Waals surface area (Å²) >= 11 is 1.84. The summed E-state index contributed by atoms with van der Waals surface area (Å²) in [5, 5.41) is 12.0. The molecule has 20 heavy (non-hydrogen) atoms. The van der Waals surface area contributed by atoms with Crippen molar-refractivity contribution in [1.82, 2.24) is 10.3 Å². The van der Waals surface area contributed by atoms with Crippen LogP contribution in [0, 0.1) is 0 Å². The second-order valence-electron chi connectivity index (χ2n) is 5.46. The number of carbonyl (C=O) groups excluding carboxylic acids is 1. The number of nitrogens with zero attached hydrogens (tertiary/aromatic N) is 1. The van der Waals surface area contributed by atoms with Crippen molar-refractivity contribution in [3.05, 3.63) is 23.9 Å². The molecule has 1 amide bonds. The highest BCUT2D eigenvalue weighted by molar-refractivity contribution is 7.99. The minimum atomic E-state index is -0.673. The third-order valence-electron chi connectivity index (χ3n) is 3.03. The zero-order chi connectivity index (χ0) is 14.6. The number of hydrogen-bond donors (Lipinski definition) is 2. The van der Waals surface area contributed by atoms with Crippen molar-refractivity contribution >= 4 is 17.7 Å². The van der Waals surface area contributed by atoms with Gasteiger partial charge in [-0.25, -0.2) is 4.98 Å². The number of amides is 1. The predicted octanol–water partition coefficient (Wildman–Crippen LogP) is 1.47. The van der Waals surface area contributed by atoms with Gasteiger partial charge in [0, 0.05) is 11.9 Å². The quantitative estimate of drug-likeness (QED) is 0.861. The molecule has 0 aliphatic carbocycles. The van der Waals surface area contributed by atoms with E-state index in [9.17, 15) is 9.90 Å². The molecular formula is C14H20N2O3S. The number of rotatable bonds is 5. The minimum absolute atomic E-state index is 0.118. The molecule has 1 atom stereocenters.